The van der Waals surface area contributed by atoms with E-state index in [1.807, 2.05) is 4.90 Å². The maximum absolute atomic E-state index is 11.9. The molecule has 0 atom stereocenters. The number of carbonyl (C=O) groups excluding carboxylic acids is 1. The first-order valence-corrected chi connectivity index (χ1v) is 6.32. The number of piperazine rings is 1. The van der Waals surface area contributed by atoms with Crippen LogP contribution in [0.3, 0.4) is 0 Å². The molecule has 1 heterocycles. The van der Waals surface area contributed by atoms with Gasteiger partial charge in [-0.25, -0.2) is 0 Å². The summed E-state index contributed by atoms with van der Waals surface area (Å²) in [5.74, 6) is -0.0901. The summed E-state index contributed by atoms with van der Waals surface area (Å²) in [7, 11) is 0. The largest absolute Gasteiger partial charge is 0.391 e. The van der Waals surface area contributed by atoms with E-state index in [0.29, 0.717) is 18.8 Å². The fourth-order valence-electron chi connectivity index (χ4n) is 2.40. The number of amides is 1. The smallest absolute Gasteiger partial charge is 0.275 e. The zero-order chi connectivity index (χ0) is 14.9. The van der Waals surface area contributed by atoms with Crippen LogP contribution in [0.1, 0.15) is 19.4 Å². The summed E-state index contributed by atoms with van der Waals surface area (Å²) in [6.45, 7) is 4.31. The predicted octanol–water partition coefficient (Wildman–Crippen LogP) is 0.802. The van der Waals surface area contributed by atoms with E-state index in [2.05, 4.69) is 5.32 Å². The molecule has 0 unspecified atom stereocenters. The Hall–Kier alpha value is -2.15. The van der Waals surface area contributed by atoms with Crippen LogP contribution >= 0.6 is 0 Å². The molecule has 0 saturated carbocycles. The van der Waals surface area contributed by atoms with E-state index in [-0.39, 0.29) is 17.2 Å². The van der Waals surface area contributed by atoms with Crippen LogP contribution in [0, 0.1) is 10.1 Å². The number of benzene rings is 1. The van der Waals surface area contributed by atoms with Crippen LogP contribution in [0.2, 0.25) is 0 Å². The van der Waals surface area contributed by atoms with Crippen molar-refractivity contribution < 1.29 is 14.8 Å². The maximum atomic E-state index is 11.9. The molecule has 20 heavy (non-hydrogen) atoms. The van der Waals surface area contributed by atoms with Gasteiger partial charge in [0.2, 0.25) is 5.91 Å². The molecule has 1 amide bonds. The molecule has 1 aliphatic rings. The van der Waals surface area contributed by atoms with Gasteiger partial charge in [0.15, 0.2) is 0 Å². The van der Waals surface area contributed by atoms with Gasteiger partial charge in [0, 0.05) is 24.8 Å². The second-order valence-corrected chi connectivity index (χ2v) is 5.19. The number of carbonyl (C=O) groups is 1. The van der Waals surface area contributed by atoms with Crippen LogP contribution in [0.5, 0.6) is 0 Å². The lowest BCUT2D eigenvalue weighted by Gasteiger charge is -2.42. The number of nitrogens with zero attached hydrogens (tertiary/aromatic N) is 2. The van der Waals surface area contributed by atoms with Crippen LogP contribution in [-0.2, 0) is 11.4 Å². The lowest BCUT2D eigenvalue weighted by Crippen LogP contribution is -2.62. The minimum absolute atomic E-state index is 0.0901. The van der Waals surface area contributed by atoms with Crippen LogP contribution in [0.4, 0.5) is 11.4 Å². The van der Waals surface area contributed by atoms with Crippen molar-refractivity contribution in [1.82, 2.24) is 5.32 Å². The number of anilines is 1. The van der Waals surface area contributed by atoms with Crippen molar-refractivity contribution in [3.63, 3.8) is 0 Å². The molecule has 0 aliphatic carbocycles. The van der Waals surface area contributed by atoms with E-state index in [0.717, 1.165) is 0 Å². The van der Waals surface area contributed by atoms with Crippen molar-refractivity contribution in [3.05, 3.63) is 33.9 Å². The summed E-state index contributed by atoms with van der Waals surface area (Å²) in [4.78, 5) is 24.1. The molecule has 1 fully saturated rings. The average Bonchev–Trinajstić information content (AvgIpc) is 2.41. The number of hydrogen-bond acceptors (Lipinski definition) is 5. The van der Waals surface area contributed by atoms with Gasteiger partial charge in [-0.15, -0.1) is 0 Å². The van der Waals surface area contributed by atoms with Crippen molar-refractivity contribution >= 4 is 17.3 Å². The van der Waals surface area contributed by atoms with Crippen LogP contribution in [0.15, 0.2) is 18.2 Å². The van der Waals surface area contributed by atoms with Crippen molar-refractivity contribution in [2.45, 2.75) is 26.0 Å². The van der Waals surface area contributed by atoms with Crippen molar-refractivity contribution in [2.24, 2.45) is 0 Å². The molecule has 2 rings (SSSR count). The molecular formula is C13H17N3O4. The summed E-state index contributed by atoms with van der Waals surface area (Å²) in [6.07, 6.45) is 0. The fourth-order valence-corrected chi connectivity index (χ4v) is 2.40. The van der Waals surface area contributed by atoms with Gasteiger partial charge < -0.3 is 15.3 Å². The molecule has 7 heteroatoms. The number of nitrogens with one attached hydrogen (secondary N) is 1. The first-order valence-electron chi connectivity index (χ1n) is 6.32. The van der Waals surface area contributed by atoms with Gasteiger partial charge in [0.1, 0.15) is 5.54 Å². The Morgan fingerprint density at radius 1 is 1.50 bits per heavy atom. The zero-order valence-electron chi connectivity index (χ0n) is 11.4. The Morgan fingerprint density at radius 3 is 2.80 bits per heavy atom. The normalized spacial score (nSPS) is 17.8. The lowest BCUT2D eigenvalue weighted by molar-refractivity contribution is -0.385. The second kappa shape index (κ2) is 5.09. The highest BCUT2D eigenvalue weighted by Crippen LogP contribution is 2.30. The summed E-state index contributed by atoms with van der Waals surface area (Å²) >= 11 is 0. The molecule has 1 aromatic rings. The Balaban J connectivity index is 2.42. The third-order valence-electron chi connectivity index (χ3n) is 3.59. The quantitative estimate of drug-likeness (QED) is 0.630. The number of aliphatic hydroxyl groups is 1. The third kappa shape index (κ3) is 2.32. The lowest BCUT2D eigenvalue weighted by atomic mass is 9.97. The summed E-state index contributed by atoms with van der Waals surface area (Å²) < 4.78 is 0. The first-order chi connectivity index (χ1) is 9.37. The van der Waals surface area contributed by atoms with Crippen molar-refractivity contribution in [3.8, 4) is 0 Å². The standard InChI is InChI=1S/C13H17N3O4/c1-13(2)12(18)14-5-6-15(13)10-3-4-11(16(19)20)9(7-10)8-17/h3-4,7,17H,5-6,8H2,1-2H3,(H,14,18). The van der Waals surface area contributed by atoms with E-state index < -0.39 is 17.1 Å². The van der Waals surface area contributed by atoms with Gasteiger partial charge in [-0.2, -0.15) is 0 Å². The molecule has 0 spiro atoms. The third-order valence-corrected chi connectivity index (χ3v) is 3.59. The van der Waals surface area contributed by atoms with Crippen molar-refractivity contribution in [2.75, 3.05) is 18.0 Å². The average molecular weight is 279 g/mol. The van der Waals surface area contributed by atoms with Gasteiger partial charge in [-0.3, -0.25) is 14.9 Å². The zero-order valence-corrected chi connectivity index (χ0v) is 11.4. The Bertz CT molecular complexity index is 557. The van der Waals surface area contributed by atoms with E-state index in [9.17, 15) is 20.0 Å². The molecule has 0 bridgehead atoms. The number of nitro groups is 1. The summed E-state index contributed by atoms with van der Waals surface area (Å²) in [6, 6.07) is 4.54. The number of aliphatic hydroxyl groups excluding tert-OH is 1. The Kier molecular flexibility index (Phi) is 3.63. The van der Waals surface area contributed by atoms with Gasteiger partial charge in [0.25, 0.3) is 5.69 Å². The highest BCUT2D eigenvalue weighted by Gasteiger charge is 2.38. The molecule has 0 aromatic heterocycles. The van der Waals surface area contributed by atoms with E-state index in [1.54, 1.807) is 26.0 Å². The molecule has 1 aromatic carbocycles. The Labute approximate surface area is 116 Å². The predicted molar refractivity (Wildman–Crippen MR) is 73.5 cm³/mol. The van der Waals surface area contributed by atoms with Crippen LogP contribution < -0.4 is 10.2 Å². The molecule has 2 N–H and O–H groups in total. The fraction of sp³-hybridized carbons (Fsp3) is 0.462. The monoisotopic (exact) mass is 279 g/mol. The van der Waals surface area contributed by atoms with Crippen LogP contribution in [0.25, 0.3) is 0 Å². The topological polar surface area (TPSA) is 95.7 Å². The van der Waals surface area contributed by atoms with Crippen molar-refractivity contribution in [1.29, 1.82) is 0 Å². The number of nitro benzene ring substituents is 1. The number of rotatable bonds is 3. The van der Waals surface area contributed by atoms with Gasteiger partial charge in [-0.1, -0.05) is 0 Å². The molecular weight excluding hydrogens is 262 g/mol. The Morgan fingerprint density at radius 2 is 2.20 bits per heavy atom. The maximum Gasteiger partial charge on any atom is 0.275 e. The SMILES string of the molecule is CC1(C)C(=O)NCCN1c1ccc([N+](=O)[O-])c(CO)c1. The van der Waals surface area contributed by atoms with Crippen LogP contribution in [-0.4, -0.2) is 34.6 Å². The van der Waals surface area contributed by atoms with E-state index in [1.165, 1.54) is 6.07 Å². The molecule has 1 saturated heterocycles. The first kappa shape index (κ1) is 14.3. The van der Waals surface area contributed by atoms with Gasteiger partial charge >= 0.3 is 0 Å². The molecule has 108 valence electrons. The molecule has 1 aliphatic heterocycles. The van der Waals surface area contributed by atoms with Gasteiger partial charge in [-0.05, 0) is 26.0 Å². The minimum atomic E-state index is -0.735. The van der Waals surface area contributed by atoms with E-state index in [4.69, 9.17) is 0 Å². The highest BCUT2D eigenvalue weighted by atomic mass is 16.6. The molecule has 0 radical (unpaired) electrons. The van der Waals surface area contributed by atoms with Gasteiger partial charge in [0.05, 0.1) is 17.1 Å². The number of hydrogen-bond donors (Lipinski definition) is 2. The minimum Gasteiger partial charge on any atom is -0.391 e. The molecule has 7 nitrogen and oxygen atoms in total. The van der Waals surface area contributed by atoms with E-state index >= 15 is 0 Å². The highest BCUT2D eigenvalue weighted by molar-refractivity contribution is 5.90. The second-order valence-electron chi connectivity index (χ2n) is 5.19. The summed E-state index contributed by atoms with van der Waals surface area (Å²) in [5, 5.41) is 22.9. The summed E-state index contributed by atoms with van der Waals surface area (Å²) in [5.41, 5.74) is 0.0884.